The lowest BCUT2D eigenvalue weighted by atomic mass is 10.2. The predicted molar refractivity (Wildman–Crippen MR) is 58.0 cm³/mol. The van der Waals surface area contributed by atoms with E-state index < -0.39 is 12.8 Å². The highest BCUT2D eigenvalue weighted by atomic mass is 19.4. The summed E-state index contributed by atoms with van der Waals surface area (Å²) in [6, 6.07) is 5.13. The van der Waals surface area contributed by atoms with Gasteiger partial charge < -0.3 is 15.2 Å². The lowest BCUT2D eigenvalue weighted by molar-refractivity contribution is -0.175. The van der Waals surface area contributed by atoms with Gasteiger partial charge >= 0.3 is 6.18 Å². The van der Waals surface area contributed by atoms with Crippen LogP contribution in [0.5, 0.6) is 5.75 Å². The molecule has 0 aliphatic heterocycles. The van der Waals surface area contributed by atoms with Gasteiger partial charge in [0.1, 0.15) is 19.0 Å². The van der Waals surface area contributed by atoms with Crippen molar-refractivity contribution in [2.75, 3.05) is 25.6 Å². The quantitative estimate of drug-likeness (QED) is 0.644. The molecule has 0 heterocycles. The van der Waals surface area contributed by atoms with Crippen LogP contribution in [-0.4, -0.2) is 26.0 Å². The molecule has 0 bridgehead atoms. The van der Waals surface area contributed by atoms with Crippen LogP contribution in [0.1, 0.15) is 5.56 Å². The minimum absolute atomic E-state index is 0.0559. The number of ether oxygens (including phenoxy) is 2. The van der Waals surface area contributed by atoms with E-state index in [0.29, 0.717) is 11.4 Å². The summed E-state index contributed by atoms with van der Waals surface area (Å²) in [7, 11) is 0. The topological polar surface area (TPSA) is 44.5 Å². The molecule has 0 saturated heterocycles. The van der Waals surface area contributed by atoms with Gasteiger partial charge in [0.25, 0.3) is 0 Å². The largest absolute Gasteiger partial charge is 0.491 e. The van der Waals surface area contributed by atoms with Gasteiger partial charge in [-0.3, -0.25) is 0 Å². The molecule has 96 valence electrons. The second-order valence-corrected chi connectivity index (χ2v) is 3.54. The maximum atomic E-state index is 11.7. The van der Waals surface area contributed by atoms with E-state index in [2.05, 4.69) is 4.74 Å². The number of alkyl halides is 3. The molecular weight excluding hydrogens is 235 g/mol. The van der Waals surface area contributed by atoms with E-state index in [9.17, 15) is 13.2 Å². The number of benzene rings is 1. The van der Waals surface area contributed by atoms with Gasteiger partial charge in [-0.05, 0) is 18.6 Å². The fraction of sp³-hybridized carbons (Fsp3) is 0.455. The summed E-state index contributed by atoms with van der Waals surface area (Å²) in [6.45, 7) is 0.506. The van der Waals surface area contributed by atoms with Crippen molar-refractivity contribution in [3.8, 4) is 5.75 Å². The van der Waals surface area contributed by atoms with E-state index >= 15 is 0 Å². The van der Waals surface area contributed by atoms with Gasteiger partial charge in [0.05, 0.1) is 6.61 Å². The molecule has 0 atom stereocenters. The monoisotopic (exact) mass is 249 g/mol. The first-order chi connectivity index (χ1) is 7.88. The molecule has 1 aromatic rings. The van der Waals surface area contributed by atoms with Crippen molar-refractivity contribution in [3.63, 3.8) is 0 Å². The van der Waals surface area contributed by atoms with Gasteiger partial charge in [0.15, 0.2) is 0 Å². The molecule has 0 aliphatic rings. The molecule has 17 heavy (non-hydrogen) atoms. The molecule has 0 aliphatic carbocycles. The Morgan fingerprint density at radius 2 is 1.94 bits per heavy atom. The van der Waals surface area contributed by atoms with Crippen molar-refractivity contribution in [2.45, 2.75) is 13.1 Å². The van der Waals surface area contributed by atoms with Crippen LogP contribution in [0.15, 0.2) is 18.2 Å². The lowest BCUT2D eigenvalue weighted by Gasteiger charge is -2.11. The Morgan fingerprint density at radius 3 is 2.59 bits per heavy atom. The Hall–Kier alpha value is -1.43. The summed E-state index contributed by atoms with van der Waals surface area (Å²) >= 11 is 0. The second-order valence-electron chi connectivity index (χ2n) is 3.54. The summed E-state index contributed by atoms with van der Waals surface area (Å²) in [5.74, 6) is 0.556. The first-order valence-electron chi connectivity index (χ1n) is 5.02. The van der Waals surface area contributed by atoms with Crippen molar-refractivity contribution in [1.29, 1.82) is 0 Å². The average Bonchev–Trinajstić information content (AvgIpc) is 2.21. The van der Waals surface area contributed by atoms with Gasteiger partial charge in [0.2, 0.25) is 0 Å². The van der Waals surface area contributed by atoms with Crippen molar-refractivity contribution < 1.29 is 22.6 Å². The van der Waals surface area contributed by atoms with Gasteiger partial charge in [-0.2, -0.15) is 13.2 Å². The van der Waals surface area contributed by atoms with Crippen LogP contribution in [0, 0.1) is 6.92 Å². The SMILES string of the molecule is Cc1ccc(N)cc1OCCOCC(F)(F)F. The highest BCUT2D eigenvalue weighted by Crippen LogP contribution is 2.20. The molecule has 0 saturated carbocycles. The molecule has 1 aromatic carbocycles. The van der Waals surface area contributed by atoms with Gasteiger partial charge in [0, 0.05) is 11.8 Å². The Bertz CT molecular complexity index is 366. The number of nitrogens with two attached hydrogens (primary N) is 1. The van der Waals surface area contributed by atoms with Crippen LogP contribution in [0.3, 0.4) is 0 Å². The number of anilines is 1. The highest BCUT2D eigenvalue weighted by molar-refractivity contribution is 5.47. The van der Waals surface area contributed by atoms with Crippen LogP contribution in [0.2, 0.25) is 0 Å². The van der Waals surface area contributed by atoms with Gasteiger partial charge in [-0.25, -0.2) is 0 Å². The van der Waals surface area contributed by atoms with E-state index in [1.165, 1.54) is 0 Å². The number of aryl methyl sites for hydroxylation is 1. The Kier molecular flexibility index (Phi) is 4.62. The lowest BCUT2D eigenvalue weighted by Crippen LogP contribution is -2.19. The molecule has 0 unspecified atom stereocenters. The molecule has 3 nitrogen and oxygen atoms in total. The predicted octanol–water partition coefficient (Wildman–Crippen LogP) is 2.53. The minimum Gasteiger partial charge on any atom is -0.491 e. The van der Waals surface area contributed by atoms with Crippen LogP contribution in [0.25, 0.3) is 0 Å². The number of nitrogen functional groups attached to an aromatic ring is 1. The summed E-state index contributed by atoms with van der Waals surface area (Å²) < 4.78 is 44.9. The average molecular weight is 249 g/mol. The van der Waals surface area contributed by atoms with Gasteiger partial charge in [-0.15, -0.1) is 0 Å². The molecule has 0 radical (unpaired) electrons. The molecule has 1 rings (SSSR count). The van der Waals surface area contributed by atoms with E-state index in [1.54, 1.807) is 18.2 Å². The van der Waals surface area contributed by atoms with Crippen molar-refractivity contribution in [3.05, 3.63) is 23.8 Å². The third-order valence-electron chi connectivity index (χ3n) is 1.96. The second kappa shape index (κ2) is 5.77. The first kappa shape index (κ1) is 13.6. The fourth-order valence-corrected chi connectivity index (χ4v) is 1.17. The molecular formula is C11H14F3NO2. The van der Waals surface area contributed by atoms with Gasteiger partial charge in [-0.1, -0.05) is 6.07 Å². The maximum absolute atomic E-state index is 11.7. The van der Waals surface area contributed by atoms with Crippen molar-refractivity contribution in [2.24, 2.45) is 0 Å². The normalized spacial score (nSPS) is 11.5. The summed E-state index contributed by atoms with van der Waals surface area (Å²) in [4.78, 5) is 0. The van der Waals surface area contributed by atoms with Crippen molar-refractivity contribution in [1.82, 2.24) is 0 Å². The smallest absolute Gasteiger partial charge is 0.411 e. The van der Waals surface area contributed by atoms with Crippen molar-refractivity contribution >= 4 is 5.69 Å². The van der Waals surface area contributed by atoms with E-state index in [0.717, 1.165) is 5.56 Å². The van der Waals surface area contributed by atoms with E-state index in [4.69, 9.17) is 10.5 Å². The summed E-state index contributed by atoms with van der Waals surface area (Å²) in [5.41, 5.74) is 6.97. The first-order valence-corrected chi connectivity index (χ1v) is 5.02. The molecule has 6 heteroatoms. The number of hydrogen-bond donors (Lipinski definition) is 1. The van der Waals surface area contributed by atoms with E-state index in [1.807, 2.05) is 6.92 Å². The number of halogens is 3. The zero-order chi connectivity index (χ0) is 12.9. The third-order valence-corrected chi connectivity index (χ3v) is 1.96. The maximum Gasteiger partial charge on any atom is 0.411 e. The van der Waals surface area contributed by atoms with E-state index in [-0.39, 0.29) is 13.2 Å². The highest BCUT2D eigenvalue weighted by Gasteiger charge is 2.27. The molecule has 0 spiro atoms. The molecule has 0 aromatic heterocycles. The Labute approximate surface area is 97.3 Å². The molecule has 0 amide bonds. The minimum atomic E-state index is -4.30. The van der Waals surface area contributed by atoms with Crippen LogP contribution in [0.4, 0.5) is 18.9 Å². The van der Waals surface area contributed by atoms with Crippen LogP contribution >= 0.6 is 0 Å². The number of rotatable bonds is 5. The van der Waals surface area contributed by atoms with Crippen LogP contribution in [-0.2, 0) is 4.74 Å². The fourth-order valence-electron chi connectivity index (χ4n) is 1.17. The Balaban J connectivity index is 2.29. The van der Waals surface area contributed by atoms with Crippen LogP contribution < -0.4 is 10.5 Å². The summed E-state index contributed by atoms with van der Waals surface area (Å²) in [6.07, 6.45) is -4.30. The third kappa shape index (κ3) is 5.44. The summed E-state index contributed by atoms with van der Waals surface area (Å²) in [5, 5.41) is 0. The molecule has 0 fully saturated rings. The Morgan fingerprint density at radius 1 is 1.24 bits per heavy atom. The zero-order valence-corrected chi connectivity index (χ0v) is 9.38. The molecule has 2 N–H and O–H groups in total. The number of hydrogen-bond acceptors (Lipinski definition) is 3. The zero-order valence-electron chi connectivity index (χ0n) is 9.38. The standard InChI is InChI=1S/C11H14F3NO2/c1-8-2-3-9(15)6-10(8)17-5-4-16-7-11(12,13)14/h2-3,6H,4-5,7,15H2,1H3.